The number of rotatable bonds is 2. The van der Waals surface area contributed by atoms with Crippen molar-refractivity contribution in [3.05, 3.63) is 17.2 Å². The molecule has 1 unspecified atom stereocenters. The second-order valence-corrected chi connectivity index (χ2v) is 3.62. The van der Waals surface area contributed by atoms with Gasteiger partial charge >= 0.3 is 0 Å². The Labute approximate surface area is 67.3 Å². The molecule has 1 amide bonds. The van der Waals surface area contributed by atoms with E-state index in [0.29, 0.717) is 8.19 Å². The molecule has 1 aromatic rings. The van der Waals surface area contributed by atoms with Gasteiger partial charge in [-0.1, -0.05) is 0 Å². The lowest BCUT2D eigenvalue weighted by Crippen LogP contribution is -2.15. The molecule has 3 nitrogen and oxygen atoms in total. The summed E-state index contributed by atoms with van der Waals surface area (Å²) in [6.45, 7) is 0. The Kier molecular flexibility index (Phi) is 2.20. The molecule has 0 fully saturated rings. The van der Waals surface area contributed by atoms with Crippen molar-refractivity contribution >= 4 is 19.8 Å². The number of carbonyl (C=O) groups excluding carboxylic acids is 1. The summed E-state index contributed by atoms with van der Waals surface area (Å²) in [6.07, 6.45) is 0. The summed E-state index contributed by atoms with van der Waals surface area (Å²) in [5, 5.41) is 0.731. The van der Waals surface area contributed by atoms with E-state index in [9.17, 15) is 4.79 Å². The lowest BCUT2D eigenvalue weighted by Gasteiger charge is -2.11. The van der Waals surface area contributed by atoms with Gasteiger partial charge in [-0.15, -0.1) is 8.19 Å². The third-order valence-corrected chi connectivity index (χ3v) is 2.58. The standard InChI is InChI=1S/C7H11N2OP/c1-9(2)5-3-4-11-6(5)7(8)10/h3-4,11H,1-2H3,(H2,8,10). The first-order valence-corrected chi connectivity index (χ1v) is 4.35. The molecule has 0 bridgehead atoms. The van der Waals surface area contributed by atoms with E-state index >= 15 is 0 Å². The van der Waals surface area contributed by atoms with Crippen molar-refractivity contribution in [1.29, 1.82) is 0 Å². The van der Waals surface area contributed by atoms with E-state index < -0.39 is 0 Å². The number of carbonyl (C=O) groups is 1. The average molecular weight is 170 g/mol. The van der Waals surface area contributed by atoms with Crippen molar-refractivity contribution in [3.63, 3.8) is 0 Å². The molecule has 0 saturated carbocycles. The number of hydrogen-bond donors (Lipinski definition) is 1. The first-order valence-electron chi connectivity index (χ1n) is 3.27. The van der Waals surface area contributed by atoms with Crippen LogP contribution in [-0.2, 0) is 0 Å². The van der Waals surface area contributed by atoms with Crippen molar-refractivity contribution in [2.45, 2.75) is 0 Å². The van der Waals surface area contributed by atoms with Gasteiger partial charge < -0.3 is 10.6 Å². The van der Waals surface area contributed by atoms with Crippen LogP contribution in [0.25, 0.3) is 0 Å². The molecule has 0 spiro atoms. The quantitative estimate of drug-likeness (QED) is 0.716. The van der Waals surface area contributed by atoms with Gasteiger partial charge in [-0.05, 0) is 11.9 Å². The topological polar surface area (TPSA) is 46.3 Å². The number of primary amides is 1. The Morgan fingerprint density at radius 2 is 2.27 bits per heavy atom. The Hall–Kier alpha value is -0.950. The summed E-state index contributed by atoms with van der Waals surface area (Å²) in [4.78, 5) is 12.7. The molecule has 60 valence electrons. The summed E-state index contributed by atoms with van der Waals surface area (Å²) >= 11 is 0. The minimum atomic E-state index is -0.308. The Morgan fingerprint density at radius 1 is 1.64 bits per heavy atom. The van der Waals surface area contributed by atoms with Crippen LogP contribution < -0.4 is 10.6 Å². The highest BCUT2D eigenvalue weighted by Gasteiger charge is 2.08. The average Bonchev–Trinajstić information content (AvgIpc) is 2.32. The molecule has 1 heterocycles. The number of hydrogen-bond acceptors (Lipinski definition) is 2. The predicted molar refractivity (Wildman–Crippen MR) is 48.8 cm³/mol. The molecular weight excluding hydrogens is 159 g/mol. The fourth-order valence-electron chi connectivity index (χ4n) is 0.931. The first kappa shape index (κ1) is 8.15. The molecule has 11 heavy (non-hydrogen) atoms. The largest absolute Gasteiger partial charge is 0.377 e. The highest BCUT2D eigenvalue weighted by Crippen LogP contribution is 2.27. The molecule has 0 saturated heterocycles. The number of amides is 1. The van der Waals surface area contributed by atoms with Gasteiger partial charge in [0.2, 0.25) is 0 Å². The minimum absolute atomic E-state index is 0.308. The molecule has 0 aliphatic rings. The fraction of sp³-hybridized carbons (Fsp3) is 0.286. The third-order valence-electron chi connectivity index (χ3n) is 1.45. The van der Waals surface area contributed by atoms with E-state index in [4.69, 9.17) is 5.73 Å². The highest BCUT2D eigenvalue weighted by molar-refractivity contribution is 7.32. The van der Waals surface area contributed by atoms with Crippen LogP contribution in [0, 0.1) is 0 Å². The van der Waals surface area contributed by atoms with Crippen molar-refractivity contribution in [2.75, 3.05) is 19.0 Å². The van der Waals surface area contributed by atoms with Crippen LogP contribution in [0.1, 0.15) is 10.1 Å². The van der Waals surface area contributed by atoms with Crippen LogP contribution in [0.3, 0.4) is 0 Å². The monoisotopic (exact) mass is 170 g/mol. The summed E-state index contributed by atoms with van der Waals surface area (Å²) < 4.78 is 0. The van der Waals surface area contributed by atoms with Crippen LogP contribution in [0.5, 0.6) is 0 Å². The van der Waals surface area contributed by atoms with Crippen LogP contribution in [0.4, 0.5) is 5.69 Å². The number of nitrogens with two attached hydrogens (primary N) is 1. The minimum Gasteiger partial charge on any atom is -0.377 e. The SMILES string of the molecule is CN(C)c1cc[pH]c1C(N)=O. The highest BCUT2D eigenvalue weighted by atomic mass is 31.0. The fourth-order valence-corrected chi connectivity index (χ4v) is 1.94. The Morgan fingerprint density at radius 3 is 2.64 bits per heavy atom. The molecule has 0 aliphatic heterocycles. The van der Waals surface area contributed by atoms with Crippen LogP contribution in [-0.4, -0.2) is 20.0 Å². The van der Waals surface area contributed by atoms with Gasteiger partial charge in [0.25, 0.3) is 5.91 Å². The van der Waals surface area contributed by atoms with Crippen LogP contribution >= 0.6 is 8.19 Å². The molecule has 2 N–H and O–H groups in total. The molecular formula is C7H11N2OP. The zero-order valence-electron chi connectivity index (χ0n) is 6.59. The van der Waals surface area contributed by atoms with Crippen molar-refractivity contribution in [2.24, 2.45) is 5.73 Å². The Balaban J connectivity index is 3.06. The second-order valence-electron chi connectivity index (χ2n) is 2.50. The normalized spacial score (nSPS) is 10.4. The molecule has 0 aliphatic carbocycles. The van der Waals surface area contributed by atoms with Gasteiger partial charge in [0.05, 0.1) is 11.0 Å². The zero-order chi connectivity index (χ0) is 8.43. The molecule has 4 heteroatoms. The molecule has 1 atom stereocenters. The van der Waals surface area contributed by atoms with E-state index in [2.05, 4.69) is 0 Å². The lowest BCUT2D eigenvalue weighted by atomic mass is 10.3. The predicted octanol–water partition coefficient (Wildman–Crippen LogP) is 0.883. The molecule has 1 rings (SSSR count). The number of anilines is 1. The van der Waals surface area contributed by atoms with E-state index in [1.165, 1.54) is 0 Å². The maximum atomic E-state index is 10.8. The van der Waals surface area contributed by atoms with Crippen LogP contribution in [0.2, 0.25) is 0 Å². The van der Waals surface area contributed by atoms with E-state index in [0.717, 1.165) is 11.0 Å². The van der Waals surface area contributed by atoms with Gasteiger partial charge in [0.15, 0.2) is 0 Å². The summed E-state index contributed by atoms with van der Waals surface area (Å²) in [6, 6.07) is 1.93. The molecule has 1 aromatic heterocycles. The van der Waals surface area contributed by atoms with Crippen molar-refractivity contribution in [3.8, 4) is 0 Å². The molecule has 0 radical (unpaired) electrons. The van der Waals surface area contributed by atoms with E-state index in [1.54, 1.807) is 0 Å². The Bertz CT molecular complexity index is 267. The first-order chi connectivity index (χ1) is 5.13. The van der Waals surface area contributed by atoms with Gasteiger partial charge in [-0.2, -0.15) is 0 Å². The lowest BCUT2D eigenvalue weighted by molar-refractivity contribution is 0.100. The van der Waals surface area contributed by atoms with Gasteiger partial charge in [0, 0.05) is 14.1 Å². The smallest absolute Gasteiger partial charge is 0.254 e. The van der Waals surface area contributed by atoms with Crippen molar-refractivity contribution in [1.82, 2.24) is 0 Å². The summed E-state index contributed by atoms with van der Waals surface area (Å²) in [5.41, 5.74) is 6.11. The summed E-state index contributed by atoms with van der Waals surface area (Å²) in [5.74, 6) is 1.66. The van der Waals surface area contributed by atoms with Crippen molar-refractivity contribution < 1.29 is 4.79 Å². The maximum Gasteiger partial charge on any atom is 0.254 e. The van der Waals surface area contributed by atoms with Crippen LogP contribution in [0.15, 0.2) is 11.9 Å². The number of nitrogens with zero attached hydrogens (tertiary/aromatic N) is 1. The maximum absolute atomic E-state index is 10.8. The molecule has 0 aromatic carbocycles. The summed E-state index contributed by atoms with van der Waals surface area (Å²) in [7, 11) is 4.24. The van der Waals surface area contributed by atoms with Gasteiger partial charge in [-0.25, -0.2) is 0 Å². The zero-order valence-corrected chi connectivity index (χ0v) is 7.59. The third kappa shape index (κ3) is 1.55. The van der Waals surface area contributed by atoms with Gasteiger partial charge in [0.1, 0.15) is 0 Å². The van der Waals surface area contributed by atoms with E-state index in [1.807, 2.05) is 30.9 Å². The van der Waals surface area contributed by atoms with Gasteiger partial charge in [-0.3, -0.25) is 4.79 Å². The van der Waals surface area contributed by atoms with E-state index in [-0.39, 0.29) is 5.91 Å². The second kappa shape index (κ2) is 2.97.